The summed E-state index contributed by atoms with van der Waals surface area (Å²) in [7, 11) is -2.21. The van der Waals surface area contributed by atoms with Crippen molar-refractivity contribution in [3.63, 3.8) is 0 Å². The Balaban J connectivity index is 1.47. The van der Waals surface area contributed by atoms with Gasteiger partial charge in [0.2, 0.25) is 10.0 Å². The maximum absolute atomic E-state index is 12.8. The van der Waals surface area contributed by atoms with E-state index < -0.39 is 10.0 Å². The second-order valence-electron chi connectivity index (χ2n) is 7.35. The first kappa shape index (κ1) is 19.0. The van der Waals surface area contributed by atoms with Gasteiger partial charge in [-0.1, -0.05) is 18.2 Å². The predicted molar refractivity (Wildman–Crippen MR) is 106 cm³/mol. The summed E-state index contributed by atoms with van der Waals surface area (Å²) in [4.78, 5) is 11.8. The molecule has 1 saturated carbocycles. The van der Waals surface area contributed by atoms with Gasteiger partial charge in [0.05, 0.1) is 17.9 Å². The molecule has 0 aliphatic heterocycles. The number of fused-ring (bicyclic) bond motifs is 3. The van der Waals surface area contributed by atoms with E-state index in [-0.39, 0.29) is 22.7 Å². The van der Waals surface area contributed by atoms with E-state index in [1.165, 1.54) is 7.11 Å². The summed E-state index contributed by atoms with van der Waals surface area (Å²) < 4.78 is 38.9. The third kappa shape index (κ3) is 3.64. The fourth-order valence-corrected chi connectivity index (χ4v) is 5.09. The van der Waals surface area contributed by atoms with Crippen molar-refractivity contribution in [3.05, 3.63) is 42.5 Å². The van der Waals surface area contributed by atoms with E-state index in [1.54, 1.807) is 18.2 Å². The molecule has 3 aromatic rings. The molecule has 4 rings (SSSR count). The highest BCUT2D eigenvalue weighted by molar-refractivity contribution is 7.89. The zero-order valence-electron chi connectivity index (χ0n) is 15.7. The van der Waals surface area contributed by atoms with Gasteiger partial charge in [0.1, 0.15) is 11.2 Å². The fraction of sp³-hybridized carbons (Fsp3) is 0.381. The Hall–Kier alpha value is -2.38. The minimum Gasteiger partial charge on any atom is -0.469 e. The van der Waals surface area contributed by atoms with Crippen LogP contribution in [0, 0.1) is 11.8 Å². The zero-order chi connectivity index (χ0) is 19.7. The summed E-state index contributed by atoms with van der Waals surface area (Å²) in [6.45, 7) is 0.375. The van der Waals surface area contributed by atoms with E-state index in [9.17, 15) is 13.2 Å². The van der Waals surface area contributed by atoms with E-state index in [0.717, 1.165) is 42.0 Å². The van der Waals surface area contributed by atoms with E-state index >= 15 is 0 Å². The minimum atomic E-state index is -3.62. The van der Waals surface area contributed by atoms with Crippen molar-refractivity contribution in [1.29, 1.82) is 0 Å². The number of rotatable bonds is 5. The first-order valence-corrected chi connectivity index (χ1v) is 10.9. The second-order valence-corrected chi connectivity index (χ2v) is 9.12. The van der Waals surface area contributed by atoms with Gasteiger partial charge in [0.15, 0.2) is 0 Å². The van der Waals surface area contributed by atoms with Gasteiger partial charge in [-0.25, -0.2) is 13.1 Å². The molecule has 0 atom stereocenters. The van der Waals surface area contributed by atoms with Crippen molar-refractivity contribution in [3.8, 4) is 0 Å². The van der Waals surface area contributed by atoms with Crippen LogP contribution in [0.5, 0.6) is 0 Å². The topological polar surface area (TPSA) is 85.6 Å². The van der Waals surface area contributed by atoms with Crippen LogP contribution in [0.25, 0.3) is 21.9 Å². The number of furan rings is 1. The van der Waals surface area contributed by atoms with Crippen LogP contribution in [-0.2, 0) is 19.6 Å². The van der Waals surface area contributed by atoms with Crippen molar-refractivity contribution < 1.29 is 22.4 Å². The van der Waals surface area contributed by atoms with Crippen molar-refractivity contribution in [1.82, 2.24) is 4.72 Å². The van der Waals surface area contributed by atoms with Crippen LogP contribution in [0.4, 0.5) is 0 Å². The van der Waals surface area contributed by atoms with Crippen LogP contribution >= 0.6 is 0 Å². The highest BCUT2D eigenvalue weighted by atomic mass is 32.2. The molecule has 0 unspecified atom stereocenters. The number of carbonyl (C=O) groups excluding carboxylic acids is 1. The third-order valence-corrected chi connectivity index (χ3v) is 7.02. The van der Waals surface area contributed by atoms with Gasteiger partial charge in [0, 0.05) is 17.3 Å². The smallest absolute Gasteiger partial charge is 0.308 e. The molecule has 1 aromatic heterocycles. The Labute approximate surface area is 163 Å². The highest BCUT2D eigenvalue weighted by Gasteiger charge is 2.28. The first-order valence-electron chi connectivity index (χ1n) is 9.47. The maximum Gasteiger partial charge on any atom is 0.308 e. The zero-order valence-corrected chi connectivity index (χ0v) is 16.5. The Kier molecular flexibility index (Phi) is 5.12. The van der Waals surface area contributed by atoms with Crippen molar-refractivity contribution in [2.24, 2.45) is 11.8 Å². The van der Waals surface area contributed by atoms with Crippen molar-refractivity contribution in [2.45, 2.75) is 30.6 Å². The van der Waals surface area contributed by atoms with Crippen LogP contribution in [0.2, 0.25) is 0 Å². The Morgan fingerprint density at radius 3 is 2.54 bits per heavy atom. The number of para-hydroxylation sites is 1. The van der Waals surface area contributed by atoms with Crippen LogP contribution in [0.3, 0.4) is 0 Å². The van der Waals surface area contributed by atoms with Crippen molar-refractivity contribution in [2.75, 3.05) is 13.7 Å². The number of methoxy groups -OCH3 is 1. The second kappa shape index (κ2) is 7.56. The average Bonchev–Trinajstić information content (AvgIpc) is 3.10. The van der Waals surface area contributed by atoms with E-state index in [1.807, 2.05) is 24.3 Å². The van der Waals surface area contributed by atoms with Crippen LogP contribution in [0.1, 0.15) is 25.7 Å². The number of hydrogen-bond acceptors (Lipinski definition) is 5. The van der Waals surface area contributed by atoms with Crippen LogP contribution in [-0.4, -0.2) is 28.0 Å². The van der Waals surface area contributed by atoms with Gasteiger partial charge in [0.25, 0.3) is 0 Å². The van der Waals surface area contributed by atoms with Gasteiger partial charge >= 0.3 is 5.97 Å². The molecule has 2 aromatic carbocycles. The summed E-state index contributed by atoms with van der Waals surface area (Å²) in [5, 5.41) is 1.69. The molecule has 1 aliphatic carbocycles. The molecule has 0 saturated heterocycles. The normalized spacial score (nSPS) is 20.5. The Morgan fingerprint density at radius 2 is 1.79 bits per heavy atom. The number of hydrogen-bond donors (Lipinski definition) is 1. The monoisotopic (exact) mass is 401 g/mol. The maximum atomic E-state index is 12.8. The number of benzene rings is 2. The molecule has 0 radical (unpaired) electrons. The number of sulfonamides is 1. The van der Waals surface area contributed by atoms with Gasteiger partial charge < -0.3 is 9.15 Å². The number of nitrogens with one attached hydrogen (secondary N) is 1. The average molecular weight is 401 g/mol. The molecular formula is C21H23NO5S. The number of esters is 1. The summed E-state index contributed by atoms with van der Waals surface area (Å²) in [6.07, 6.45) is 3.11. The summed E-state index contributed by atoms with van der Waals surface area (Å²) in [5.74, 6) is 0.00322. The number of carbonyl (C=O) groups is 1. The molecule has 1 N–H and O–H groups in total. The summed E-state index contributed by atoms with van der Waals surface area (Å²) >= 11 is 0. The molecule has 1 heterocycles. The lowest BCUT2D eigenvalue weighted by Crippen LogP contribution is -2.32. The third-order valence-electron chi connectivity index (χ3n) is 5.60. The molecule has 0 bridgehead atoms. The van der Waals surface area contributed by atoms with E-state index in [4.69, 9.17) is 9.15 Å². The Bertz CT molecular complexity index is 1110. The SMILES string of the molecule is COC(=O)[C@H]1CC[C@H](CNS(=O)(=O)c2ccc3oc4ccccc4c3c2)CC1. The van der Waals surface area contributed by atoms with Crippen LogP contribution < -0.4 is 4.72 Å². The first-order chi connectivity index (χ1) is 13.5. The van der Waals surface area contributed by atoms with Gasteiger partial charge in [-0.05, 0) is 55.9 Å². The molecule has 6 nitrogen and oxygen atoms in total. The lowest BCUT2D eigenvalue weighted by Gasteiger charge is -2.26. The van der Waals surface area contributed by atoms with Gasteiger partial charge in [-0.2, -0.15) is 0 Å². The van der Waals surface area contributed by atoms with Crippen LogP contribution in [0.15, 0.2) is 51.8 Å². The summed E-state index contributed by atoms with van der Waals surface area (Å²) in [6, 6.07) is 12.5. The molecule has 1 aliphatic rings. The molecule has 7 heteroatoms. The predicted octanol–water partition coefficient (Wildman–Crippen LogP) is 3.84. The molecule has 1 fully saturated rings. The Morgan fingerprint density at radius 1 is 1.07 bits per heavy atom. The van der Waals surface area contributed by atoms with Crippen molar-refractivity contribution >= 4 is 37.9 Å². The lowest BCUT2D eigenvalue weighted by atomic mass is 9.82. The van der Waals surface area contributed by atoms with E-state index in [0.29, 0.717) is 12.1 Å². The van der Waals surface area contributed by atoms with E-state index in [2.05, 4.69) is 4.72 Å². The highest BCUT2D eigenvalue weighted by Crippen LogP contribution is 2.31. The molecular weight excluding hydrogens is 378 g/mol. The van der Waals surface area contributed by atoms with Gasteiger partial charge in [-0.15, -0.1) is 0 Å². The molecule has 0 spiro atoms. The number of ether oxygens (including phenoxy) is 1. The molecule has 0 amide bonds. The minimum absolute atomic E-state index is 0.0605. The lowest BCUT2D eigenvalue weighted by molar-refractivity contribution is -0.146. The molecule has 28 heavy (non-hydrogen) atoms. The summed E-state index contributed by atoms with van der Waals surface area (Å²) in [5.41, 5.74) is 1.41. The largest absolute Gasteiger partial charge is 0.469 e. The standard InChI is InChI=1S/C21H23NO5S/c1-26-21(23)15-8-6-14(7-9-15)13-22-28(24,25)16-10-11-20-18(12-16)17-4-2-3-5-19(17)27-20/h2-5,10-12,14-15,22H,6-9,13H2,1H3/t14-,15-. The fourth-order valence-electron chi connectivity index (χ4n) is 3.95. The van der Waals surface area contributed by atoms with Gasteiger partial charge in [-0.3, -0.25) is 4.79 Å². The molecule has 148 valence electrons. The quantitative estimate of drug-likeness (QED) is 0.657.